The Morgan fingerprint density at radius 1 is 1.26 bits per heavy atom. The number of nitrogens with one attached hydrogen (secondary N) is 2. The van der Waals surface area contributed by atoms with E-state index in [1.165, 1.54) is 0 Å². The zero-order valence-corrected chi connectivity index (χ0v) is 11.4. The summed E-state index contributed by atoms with van der Waals surface area (Å²) < 4.78 is 10.3. The van der Waals surface area contributed by atoms with Crippen molar-refractivity contribution >= 4 is 5.91 Å². The van der Waals surface area contributed by atoms with Crippen molar-refractivity contribution in [3.8, 4) is 11.5 Å². The van der Waals surface area contributed by atoms with E-state index in [0.717, 1.165) is 25.9 Å². The fourth-order valence-electron chi connectivity index (χ4n) is 2.18. The van der Waals surface area contributed by atoms with E-state index in [9.17, 15) is 4.79 Å². The average molecular weight is 264 g/mol. The van der Waals surface area contributed by atoms with Crippen LogP contribution in [0, 0.1) is 0 Å². The fraction of sp³-hybridized carbons (Fsp3) is 0.500. The van der Waals surface area contributed by atoms with Gasteiger partial charge >= 0.3 is 0 Å². The number of methoxy groups -OCH3 is 2. The molecule has 1 unspecified atom stereocenters. The SMILES string of the molecule is COc1cc(OC)cc(C(=O)NC2CCCNC2)c1. The van der Waals surface area contributed by atoms with E-state index in [-0.39, 0.29) is 11.9 Å². The normalized spacial score (nSPS) is 18.7. The Labute approximate surface area is 113 Å². The standard InChI is InChI=1S/C14H20N2O3/c1-18-12-6-10(7-13(8-12)19-2)14(17)16-11-4-3-5-15-9-11/h6-8,11,15H,3-5,9H2,1-2H3,(H,16,17). The van der Waals surface area contributed by atoms with Crippen molar-refractivity contribution in [3.63, 3.8) is 0 Å². The molecule has 1 saturated heterocycles. The van der Waals surface area contributed by atoms with Crippen molar-refractivity contribution in [2.75, 3.05) is 27.3 Å². The molecule has 1 aliphatic rings. The lowest BCUT2D eigenvalue weighted by molar-refractivity contribution is 0.0930. The number of hydrogen-bond acceptors (Lipinski definition) is 4. The molecular weight excluding hydrogens is 244 g/mol. The van der Waals surface area contributed by atoms with Gasteiger partial charge in [-0.15, -0.1) is 0 Å². The van der Waals surface area contributed by atoms with Crippen molar-refractivity contribution in [3.05, 3.63) is 23.8 Å². The van der Waals surface area contributed by atoms with Gasteiger partial charge in [0.05, 0.1) is 14.2 Å². The van der Waals surface area contributed by atoms with Crippen LogP contribution >= 0.6 is 0 Å². The van der Waals surface area contributed by atoms with Crippen LogP contribution in [0.3, 0.4) is 0 Å². The number of hydrogen-bond donors (Lipinski definition) is 2. The highest BCUT2D eigenvalue weighted by atomic mass is 16.5. The quantitative estimate of drug-likeness (QED) is 0.857. The van der Waals surface area contributed by atoms with Gasteiger partial charge in [-0.2, -0.15) is 0 Å². The topological polar surface area (TPSA) is 59.6 Å². The van der Waals surface area contributed by atoms with E-state index in [4.69, 9.17) is 9.47 Å². The van der Waals surface area contributed by atoms with Crippen molar-refractivity contribution in [1.29, 1.82) is 0 Å². The number of carbonyl (C=O) groups excluding carboxylic acids is 1. The van der Waals surface area contributed by atoms with Gasteiger partial charge in [-0.1, -0.05) is 0 Å². The molecule has 1 heterocycles. The first-order valence-corrected chi connectivity index (χ1v) is 6.47. The molecule has 104 valence electrons. The minimum atomic E-state index is -0.0918. The van der Waals surface area contributed by atoms with Gasteiger partial charge in [0, 0.05) is 24.2 Å². The van der Waals surface area contributed by atoms with Gasteiger partial charge in [-0.05, 0) is 31.5 Å². The van der Waals surface area contributed by atoms with E-state index in [1.54, 1.807) is 32.4 Å². The van der Waals surface area contributed by atoms with Gasteiger partial charge in [-0.25, -0.2) is 0 Å². The molecule has 0 spiro atoms. The second-order valence-corrected chi connectivity index (χ2v) is 4.62. The van der Waals surface area contributed by atoms with Crippen molar-refractivity contribution < 1.29 is 14.3 Å². The van der Waals surface area contributed by atoms with Crippen LogP contribution in [-0.2, 0) is 0 Å². The molecule has 1 aromatic carbocycles. The molecular formula is C14H20N2O3. The minimum Gasteiger partial charge on any atom is -0.497 e. The summed E-state index contributed by atoms with van der Waals surface area (Å²) in [7, 11) is 3.14. The summed E-state index contributed by atoms with van der Waals surface area (Å²) in [6.07, 6.45) is 2.10. The molecule has 1 fully saturated rings. The van der Waals surface area contributed by atoms with Crippen LogP contribution in [-0.4, -0.2) is 39.3 Å². The average Bonchev–Trinajstić information content (AvgIpc) is 2.47. The first-order chi connectivity index (χ1) is 9.22. The number of ether oxygens (including phenoxy) is 2. The molecule has 5 heteroatoms. The molecule has 0 aliphatic carbocycles. The van der Waals surface area contributed by atoms with E-state index in [1.807, 2.05) is 0 Å². The van der Waals surface area contributed by atoms with Crippen molar-refractivity contribution in [2.45, 2.75) is 18.9 Å². The Morgan fingerprint density at radius 2 is 1.95 bits per heavy atom. The summed E-state index contributed by atoms with van der Waals surface area (Å²) in [4.78, 5) is 12.2. The first kappa shape index (κ1) is 13.7. The molecule has 0 radical (unpaired) electrons. The first-order valence-electron chi connectivity index (χ1n) is 6.47. The van der Waals surface area contributed by atoms with Crippen LogP contribution in [0.2, 0.25) is 0 Å². The Morgan fingerprint density at radius 3 is 2.47 bits per heavy atom. The maximum absolute atomic E-state index is 12.2. The van der Waals surface area contributed by atoms with Gasteiger partial charge in [0.25, 0.3) is 5.91 Å². The lowest BCUT2D eigenvalue weighted by Gasteiger charge is -2.23. The Balaban J connectivity index is 2.08. The third kappa shape index (κ3) is 3.61. The van der Waals surface area contributed by atoms with E-state index >= 15 is 0 Å². The van der Waals surface area contributed by atoms with Crippen LogP contribution in [0.1, 0.15) is 23.2 Å². The molecule has 5 nitrogen and oxygen atoms in total. The predicted molar refractivity (Wildman–Crippen MR) is 72.9 cm³/mol. The molecule has 19 heavy (non-hydrogen) atoms. The third-order valence-electron chi connectivity index (χ3n) is 3.25. The number of benzene rings is 1. The van der Waals surface area contributed by atoms with Crippen LogP contribution in [0.4, 0.5) is 0 Å². The van der Waals surface area contributed by atoms with E-state index in [0.29, 0.717) is 17.1 Å². The highest BCUT2D eigenvalue weighted by Crippen LogP contribution is 2.22. The number of carbonyl (C=O) groups is 1. The largest absolute Gasteiger partial charge is 0.497 e. The lowest BCUT2D eigenvalue weighted by atomic mass is 10.1. The van der Waals surface area contributed by atoms with Gasteiger partial charge in [0.1, 0.15) is 11.5 Å². The predicted octanol–water partition coefficient (Wildman–Crippen LogP) is 1.19. The van der Waals surface area contributed by atoms with Gasteiger partial charge in [0.15, 0.2) is 0 Å². The summed E-state index contributed by atoms with van der Waals surface area (Å²) in [5, 5.41) is 6.30. The highest BCUT2D eigenvalue weighted by molar-refractivity contribution is 5.95. The second-order valence-electron chi connectivity index (χ2n) is 4.62. The molecule has 1 atom stereocenters. The molecule has 0 bridgehead atoms. The zero-order chi connectivity index (χ0) is 13.7. The number of rotatable bonds is 4. The summed E-state index contributed by atoms with van der Waals surface area (Å²) in [6, 6.07) is 5.37. The molecule has 2 N–H and O–H groups in total. The second kappa shape index (κ2) is 6.43. The fourth-order valence-corrected chi connectivity index (χ4v) is 2.18. The summed E-state index contributed by atoms with van der Waals surface area (Å²) >= 11 is 0. The van der Waals surface area contributed by atoms with Gasteiger partial charge < -0.3 is 20.1 Å². The van der Waals surface area contributed by atoms with Crippen LogP contribution < -0.4 is 20.1 Å². The van der Waals surface area contributed by atoms with Crippen molar-refractivity contribution in [2.24, 2.45) is 0 Å². The number of amides is 1. The summed E-state index contributed by atoms with van der Waals surface area (Å²) in [5.74, 6) is 1.14. The smallest absolute Gasteiger partial charge is 0.251 e. The number of piperidine rings is 1. The monoisotopic (exact) mass is 264 g/mol. The van der Waals surface area contributed by atoms with E-state index < -0.39 is 0 Å². The molecule has 0 saturated carbocycles. The van der Waals surface area contributed by atoms with Crippen LogP contribution in [0.25, 0.3) is 0 Å². The molecule has 2 rings (SSSR count). The summed E-state index contributed by atoms with van der Waals surface area (Å²) in [5.41, 5.74) is 0.557. The molecule has 1 aliphatic heterocycles. The van der Waals surface area contributed by atoms with Gasteiger partial charge in [0.2, 0.25) is 0 Å². The van der Waals surface area contributed by atoms with Crippen LogP contribution in [0.15, 0.2) is 18.2 Å². The van der Waals surface area contributed by atoms with E-state index in [2.05, 4.69) is 10.6 Å². The van der Waals surface area contributed by atoms with Crippen molar-refractivity contribution in [1.82, 2.24) is 10.6 Å². The minimum absolute atomic E-state index is 0.0918. The maximum atomic E-state index is 12.2. The molecule has 1 amide bonds. The lowest BCUT2D eigenvalue weighted by Crippen LogP contribution is -2.45. The Hall–Kier alpha value is -1.75. The summed E-state index contributed by atoms with van der Waals surface area (Å²) in [6.45, 7) is 1.85. The molecule has 0 aromatic heterocycles. The Bertz CT molecular complexity index is 420. The Kier molecular flexibility index (Phi) is 4.63. The third-order valence-corrected chi connectivity index (χ3v) is 3.25. The highest BCUT2D eigenvalue weighted by Gasteiger charge is 2.17. The maximum Gasteiger partial charge on any atom is 0.251 e. The van der Waals surface area contributed by atoms with Gasteiger partial charge in [-0.3, -0.25) is 4.79 Å². The molecule has 1 aromatic rings. The van der Waals surface area contributed by atoms with Crippen LogP contribution in [0.5, 0.6) is 11.5 Å². The zero-order valence-electron chi connectivity index (χ0n) is 11.4.